The van der Waals surface area contributed by atoms with Gasteiger partial charge < -0.3 is 5.32 Å². The van der Waals surface area contributed by atoms with E-state index in [2.05, 4.69) is 20.3 Å². The van der Waals surface area contributed by atoms with E-state index in [0.717, 1.165) is 22.4 Å². The summed E-state index contributed by atoms with van der Waals surface area (Å²) in [4.78, 5) is 24.4. The summed E-state index contributed by atoms with van der Waals surface area (Å²) in [6.07, 6.45) is 8.96. The summed E-state index contributed by atoms with van der Waals surface area (Å²) in [6.45, 7) is 0.467. The molecule has 0 saturated heterocycles. The summed E-state index contributed by atoms with van der Waals surface area (Å²) in [6, 6.07) is 11.4. The van der Waals surface area contributed by atoms with Gasteiger partial charge in [0.05, 0.1) is 12.1 Å². The monoisotopic (exact) mass is 304 g/mol. The molecule has 0 saturated carbocycles. The minimum Gasteiger partial charge on any atom is -0.352 e. The molecule has 0 atom stereocenters. The van der Waals surface area contributed by atoms with Crippen molar-refractivity contribution in [1.82, 2.24) is 20.3 Å². The van der Waals surface area contributed by atoms with E-state index in [0.29, 0.717) is 13.0 Å². The SMILES string of the molecule is O=C(Cc1cccnc1)NCc1ccnc(-c2cccnc2)c1. The third-order valence-electron chi connectivity index (χ3n) is 3.36. The van der Waals surface area contributed by atoms with Gasteiger partial charge in [0, 0.05) is 43.1 Å². The van der Waals surface area contributed by atoms with E-state index in [-0.39, 0.29) is 5.91 Å². The molecule has 0 fully saturated rings. The summed E-state index contributed by atoms with van der Waals surface area (Å²) in [5, 5.41) is 2.92. The molecule has 0 aliphatic carbocycles. The molecule has 0 aliphatic rings. The Morgan fingerprint density at radius 2 is 1.78 bits per heavy atom. The van der Waals surface area contributed by atoms with Crippen molar-refractivity contribution < 1.29 is 4.79 Å². The quantitative estimate of drug-likeness (QED) is 0.786. The first-order chi connectivity index (χ1) is 11.3. The molecule has 3 heterocycles. The molecule has 0 aromatic carbocycles. The number of amides is 1. The molecule has 3 aromatic rings. The molecule has 0 radical (unpaired) electrons. The van der Waals surface area contributed by atoms with E-state index in [4.69, 9.17) is 0 Å². The number of nitrogens with zero attached hydrogens (tertiary/aromatic N) is 3. The maximum atomic E-state index is 12.0. The summed E-state index contributed by atoms with van der Waals surface area (Å²) < 4.78 is 0. The van der Waals surface area contributed by atoms with Crippen LogP contribution in [-0.4, -0.2) is 20.9 Å². The van der Waals surface area contributed by atoms with Crippen molar-refractivity contribution in [3.63, 3.8) is 0 Å². The number of aromatic nitrogens is 3. The number of rotatable bonds is 5. The molecule has 0 unspecified atom stereocenters. The van der Waals surface area contributed by atoms with Crippen LogP contribution in [0.15, 0.2) is 67.4 Å². The van der Waals surface area contributed by atoms with E-state index in [1.807, 2.05) is 36.4 Å². The van der Waals surface area contributed by atoms with Crippen LogP contribution in [0, 0.1) is 0 Å². The van der Waals surface area contributed by atoms with Crippen molar-refractivity contribution in [2.75, 3.05) is 0 Å². The predicted octanol–water partition coefficient (Wildman–Crippen LogP) is 2.40. The first kappa shape index (κ1) is 14.8. The zero-order valence-electron chi connectivity index (χ0n) is 12.5. The summed E-state index contributed by atoms with van der Waals surface area (Å²) in [5.41, 5.74) is 3.70. The van der Waals surface area contributed by atoms with Gasteiger partial charge in [0.2, 0.25) is 5.91 Å². The second kappa shape index (κ2) is 7.26. The first-order valence-corrected chi connectivity index (χ1v) is 7.32. The minimum atomic E-state index is -0.0299. The molecule has 23 heavy (non-hydrogen) atoms. The van der Waals surface area contributed by atoms with Crippen LogP contribution < -0.4 is 5.32 Å². The van der Waals surface area contributed by atoms with Crippen LogP contribution in [0.25, 0.3) is 11.3 Å². The minimum absolute atomic E-state index is 0.0299. The van der Waals surface area contributed by atoms with Crippen molar-refractivity contribution in [2.45, 2.75) is 13.0 Å². The summed E-state index contributed by atoms with van der Waals surface area (Å²) >= 11 is 0. The van der Waals surface area contributed by atoms with Gasteiger partial charge >= 0.3 is 0 Å². The largest absolute Gasteiger partial charge is 0.352 e. The third kappa shape index (κ3) is 4.20. The van der Waals surface area contributed by atoms with Gasteiger partial charge in [-0.2, -0.15) is 0 Å². The van der Waals surface area contributed by atoms with Crippen molar-refractivity contribution in [3.05, 3.63) is 78.5 Å². The Kier molecular flexibility index (Phi) is 4.69. The van der Waals surface area contributed by atoms with Crippen LogP contribution in [0.2, 0.25) is 0 Å². The zero-order chi connectivity index (χ0) is 15.9. The molecule has 5 heteroatoms. The van der Waals surface area contributed by atoms with Crippen LogP contribution in [0.4, 0.5) is 0 Å². The van der Waals surface area contributed by atoms with E-state index in [9.17, 15) is 4.79 Å². The van der Waals surface area contributed by atoms with Gasteiger partial charge in [0.25, 0.3) is 0 Å². The number of pyridine rings is 3. The lowest BCUT2D eigenvalue weighted by Crippen LogP contribution is -2.24. The Labute approximate surface area is 134 Å². The Morgan fingerprint density at radius 3 is 2.52 bits per heavy atom. The lowest BCUT2D eigenvalue weighted by Gasteiger charge is -2.07. The highest BCUT2D eigenvalue weighted by molar-refractivity contribution is 5.78. The highest BCUT2D eigenvalue weighted by atomic mass is 16.1. The van der Waals surface area contributed by atoms with Gasteiger partial charge in [-0.05, 0) is 41.5 Å². The number of nitrogens with one attached hydrogen (secondary N) is 1. The van der Waals surface area contributed by atoms with Crippen LogP contribution in [0.1, 0.15) is 11.1 Å². The molecule has 0 aliphatic heterocycles. The van der Waals surface area contributed by atoms with Crippen LogP contribution in [-0.2, 0) is 17.8 Å². The maximum absolute atomic E-state index is 12.0. The number of carbonyl (C=O) groups is 1. The molecule has 114 valence electrons. The van der Waals surface area contributed by atoms with E-state index in [1.54, 1.807) is 31.0 Å². The third-order valence-corrected chi connectivity index (χ3v) is 3.36. The van der Waals surface area contributed by atoms with Crippen molar-refractivity contribution >= 4 is 5.91 Å². The van der Waals surface area contributed by atoms with Crippen molar-refractivity contribution in [1.29, 1.82) is 0 Å². The molecule has 1 amide bonds. The molecule has 1 N–H and O–H groups in total. The van der Waals surface area contributed by atoms with Crippen LogP contribution >= 0.6 is 0 Å². The molecule has 0 spiro atoms. The standard InChI is InChI=1S/C18H16N4O/c23-18(10-14-3-1-6-19-11-14)22-12-15-5-8-21-17(9-15)16-4-2-7-20-13-16/h1-9,11,13H,10,12H2,(H,22,23). The maximum Gasteiger partial charge on any atom is 0.224 e. The zero-order valence-corrected chi connectivity index (χ0v) is 12.5. The molecule has 5 nitrogen and oxygen atoms in total. The fourth-order valence-electron chi connectivity index (χ4n) is 2.21. The van der Waals surface area contributed by atoms with Gasteiger partial charge in [0.15, 0.2) is 0 Å². The van der Waals surface area contributed by atoms with Gasteiger partial charge in [0.1, 0.15) is 0 Å². The Morgan fingerprint density at radius 1 is 0.957 bits per heavy atom. The van der Waals surface area contributed by atoms with E-state index < -0.39 is 0 Å². The predicted molar refractivity (Wildman–Crippen MR) is 87.3 cm³/mol. The second-order valence-corrected chi connectivity index (χ2v) is 5.11. The summed E-state index contributed by atoms with van der Waals surface area (Å²) in [5.74, 6) is -0.0299. The highest BCUT2D eigenvalue weighted by Crippen LogP contribution is 2.16. The number of hydrogen-bond donors (Lipinski definition) is 1. The van der Waals surface area contributed by atoms with Gasteiger partial charge in [-0.25, -0.2) is 0 Å². The van der Waals surface area contributed by atoms with Gasteiger partial charge in [-0.1, -0.05) is 6.07 Å². The lowest BCUT2D eigenvalue weighted by molar-refractivity contribution is -0.120. The molecule has 3 aromatic heterocycles. The second-order valence-electron chi connectivity index (χ2n) is 5.11. The van der Waals surface area contributed by atoms with Gasteiger partial charge in [-0.15, -0.1) is 0 Å². The fraction of sp³-hybridized carbons (Fsp3) is 0.111. The Hall–Kier alpha value is -3.08. The normalized spacial score (nSPS) is 10.3. The molecular formula is C18H16N4O. The average molecular weight is 304 g/mol. The Bertz CT molecular complexity index is 775. The van der Waals surface area contributed by atoms with E-state index >= 15 is 0 Å². The first-order valence-electron chi connectivity index (χ1n) is 7.32. The highest BCUT2D eigenvalue weighted by Gasteiger charge is 2.05. The summed E-state index contributed by atoms with van der Waals surface area (Å²) in [7, 11) is 0. The van der Waals surface area contributed by atoms with E-state index in [1.165, 1.54) is 0 Å². The molecule has 3 rings (SSSR count). The fourth-order valence-corrected chi connectivity index (χ4v) is 2.21. The topological polar surface area (TPSA) is 67.8 Å². The van der Waals surface area contributed by atoms with Crippen LogP contribution in [0.3, 0.4) is 0 Å². The Balaban J connectivity index is 1.61. The number of carbonyl (C=O) groups excluding carboxylic acids is 1. The number of hydrogen-bond acceptors (Lipinski definition) is 4. The average Bonchev–Trinajstić information content (AvgIpc) is 2.62. The molecule has 0 bridgehead atoms. The smallest absolute Gasteiger partial charge is 0.224 e. The van der Waals surface area contributed by atoms with Crippen molar-refractivity contribution in [2.24, 2.45) is 0 Å². The van der Waals surface area contributed by atoms with Crippen molar-refractivity contribution in [3.8, 4) is 11.3 Å². The lowest BCUT2D eigenvalue weighted by atomic mass is 10.1. The molecular weight excluding hydrogens is 288 g/mol. The van der Waals surface area contributed by atoms with Gasteiger partial charge in [-0.3, -0.25) is 19.7 Å². The van der Waals surface area contributed by atoms with Crippen LogP contribution in [0.5, 0.6) is 0 Å².